The first-order chi connectivity index (χ1) is 18.5. The van der Waals surface area contributed by atoms with E-state index in [-0.39, 0.29) is 42.1 Å². The van der Waals surface area contributed by atoms with Gasteiger partial charge in [-0.15, -0.1) is 0 Å². The van der Waals surface area contributed by atoms with Crippen LogP contribution in [0.2, 0.25) is 0 Å². The first-order valence-corrected chi connectivity index (χ1v) is 14.0. The summed E-state index contributed by atoms with van der Waals surface area (Å²) in [5.74, 6) is 1.55. The van der Waals surface area contributed by atoms with E-state index in [9.17, 15) is 14.7 Å². The van der Waals surface area contributed by atoms with Gasteiger partial charge in [0, 0.05) is 23.2 Å². The number of nitrogens with zero attached hydrogens (tertiary/aromatic N) is 3. The molecule has 2 saturated carbocycles. The van der Waals surface area contributed by atoms with Crippen molar-refractivity contribution in [3.8, 4) is 22.7 Å². The minimum atomic E-state index is -1.06. The number of aliphatic hydroxyl groups is 1. The Morgan fingerprint density at radius 2 is 1.72 bits per heavy atom. The Morgan fingerprint density at radius 1 is 1.05 bits per heavy atom. The number of aromatic nitrogens is 3. The van der Waals surface area contributed by atoms with Crippen molar-refractivity contribution in [2.24, 2.45) is 17.8 Å². The van der Waals surface area contributed by atoms with Gasteiger partial charge in [0.2, 0.25) is 11.7 Å². The molecule has 2 aliphatic carbocycles. The average molecular weight is 534 g/mol. The topological polar surface area (TPSA) is 122 Å². The molecule has 0 saturated heterocycles. The molecule has 0 bridgehead atoms. The Labute approximate surface area is 229 Å². The lowest BCUT2D eigenvalue weighted by molar-refractivity contribution is 0.0562. The molecule has 5 rings (SSSR count). The van der Waals surface area contributed by atoms with Gasteiger partial charge in [-0.1, -0.05) is 26.0 Å². The molecular weight excluding hydrogens is 494 g/mol. The van der Waals surface area contributed by atoms with Gasteiger partial charge >= 0.3 is 0 Å². The predicted octanol–water partition coefficient (Wildman–Crippen LogP) is 4.67. The van der Waals surface area contributed by atoms with Crippen molar-refractivity contribution < 1.29 is 19.1 Å². The maximum atomic E-state index is 13.1. The van der Waals surface area contributed by atoms with E-state index in [0.717, 1.165) is 5.56 Å². The van der Waals surface area contributed by atoms with Gasteiger partial charge in [-0.3, -0.25) is 14.3 Å². The minimum Gasteiger partial charge on any atom is -0.431 e. The van der Waals surface area contributed by atoms with Gasteiger partial charge in [0.25, 0.3) is 11.8 Å². The summed E-state index contributed by atoms with van der Waals surface area (Å²) < 4.78 is 7.43. The van der Waals surface area contributed by atoms with E-state index in [0.29, 0.717) is 34.7 Å². The van der Waals surface area contributed by atoms with E-state index in [1.807, 2.05) is 45.0 Å². The molecule has 2 heterocycles. The second-order valence-corrected chi connectivity index (χ2v) is 12.2. The third-order valence-corrected chi connectivity index (χ3v) is 7.60. The first-order valence-electron chi connectivity index (χ1n) is 14.0. The van der Waals surface area contributed by atoms with Crippen LogP contribution < -0.4 is 10.6 Å². The van der Waals surface area contributed by atoms with Crippen molar-refractivity contribution in [3.05, 3.63) is 48.0 Å². The van der Waals surface area contributed by atoms with Crippen LogP contribution in [-0.4, -0.2) is 49.4 Å². The second kappa shape index (κ2) is 10.6. The summed E-state index contributed by atoms with van der Waals surface area (Å²) in [5.41, 5.74) is 1.37. The monoisotopic (exact) mass is 533 g/mol. The van der Waals surface area contributed by atoms with Gasteiger partial charge in [0.15, 0.2) is 0 Å². The maximum absolute atomic E-state index is 13.1. The number of benzene rings is 1. The minimum absolute atomic E-state index is 0.0185. The third-order valence-electron chi connectivity index (χ3n) is 7.60. The molecule has 0 radical (unpaired) electrons. The highest BCUT2D eigenvalue weighted by atomic mass is 16.4. The largest absolute Gasteiger partial charge is 0.431 e. The number of nitrogens with one attached hydrogen (secondary N) is 2. The molecule has 1 aromatic carbocycles. The Bertz CT molecular complexity index is 1330. The standard InChI is InChI=1S/C30H39N5O4/c1-17(2)18(3)32-27(36)24-14-23(34-35(24)16-30(4,5)38)21-7-6-8-22(13-21)29-31-15-25(39-29)28(37)33-26(19-9-10-19)20-11-12-20/h6-8,13-15,17-20,26,38H,9-12,16H2,1-5H3,(H,32,36)(H,33,37). The fourth-order valence-electron chi connectivity index (χ4n) is 4.75. The van der Waals surface area contributed by atoms with Gasteiger partial charge in [-0.05, 0) is 82.4 Å². The van der Waals surface area contributed by atoms with E-state index < -0.39 is 5.60 Å². The van der Waals surface area contributed by atoms with E-state index in [1.165, 1.54) is 31.9 Å². The molecule has 9 heteroatoms. The number of hydrogen-bond donors (Lipinski definition) is 3. The SMILES string of the molecule is CC(C)C(C)NC(=O)c1cc(-c2cccc(-c3ncc(C(=O)NC(C4CC4)C4CC4)o3)c2)nn1CC(C)(C)O. The number of hydrogen-bond acceptors (Lipinski definition) is 6. The molecule has 2 aliphatic rings. The molecule has 208 valence electrons. The van der Waals surface area contributed by atoms with Crippen molar-refractivity contribution >= 4 is 11.8 Å². The van der Waals surface area contributed by atoms with Crippen molar-refractivity contribution in [1.82, 2.24) is 25.4 Å². The van der Waals surface area contributed by atoms with Crippen LogP contribution in [0.4, 0.5) is 0 Å². The zero-order chi connectivity index (χ0) is 27.9. The summed E-state index contributed by atoms with van der Waals surface area (Å²) in [5, 5.41) is 21.3. The molecular formula is C30H39N5O4. The van der Waals surface area contributed by atoms with Gasteiger partial charge in [0.05, 0.1) is 24.0 Å². The third kappa shape index (κ3) is 6.58. The van der Waals surface area contributed by atoms with Crippen LogP contribution in [0.1, 0.15) is 81.3 Å². The summed E-state index contributed by atoms with van der Waals surface area (Å²) in [6, 6.07) is 9.45. The van der Waals surface area contributed by atoms with E-state index in [4.69, 9.17) is 4.42 Å². The summed E-state index contributed by atoms with van der Waals surface area (Å²) in [7, 11) is 0. The highest BCUT2D eigenvalue weighted by Gasteiger charge is 2.42. The molecule has 0 spiro atoms. The van der Waals surface area contributed by atoms with Crippen LogP contribution in [0.3, 0.4) is 0 Å². The van der Waals surface area contributed by atoms with Crippen molar-refractivity contribution in [3.63, 3.8) is 0 Å². The van der Waals surface area contributed by atoms with Crippen LogP contribution in [0.5, 0.6) is 0 Å². The van der Waals surface area contributed by atoms with Crippen molar-refractivity contribution in [2.45, 2.75) is 84.5 Å². The highest BCUT2D eigenvalue weighted by Crippen LogP contribution is 2.44. The molecule has 2 amide bonds. The number of amides is 2. The molecule has 0 aliphatic heterocycles. The van der Waals surface area contributed by atoms with Gasteiger partial charge in [-0.25, -0.2) is 4.98 Å². The smallest absolute Gasteiger partial charge is 0.288 e. The lowest BCUT2D eigenvalue weighted by atomic mass is 10.1. The number of rotatable bonds is 11. The summed E-state index contributed by atoms with van der Waals surface area (Å²) in [6.07, 6.45) is 6.21. The molecule has 1 unspecified atom stereocenters. The van der Waals surface area contributed by atoms with Gasteiger partial charge < -0.3 is 20.2 Å². The first kappa shape index (κ1) is 27.1. The fraction of sp³-hybridized carbons (Fsp3) is 0.533. The average Bonchev–Trinajstić information content (AvgIpc) is 3.80. The molecule has 3 N–H and O–H groups in total. The maximum Gasteiger partial charge on any atom is 0.288 e. The number of oxazole rings is 1. The van der Waals surface area contributed by atoms with Crippen LogP contribution >= 0.6 is 0 Å². The summed E-state index contributed by atoms with van der Waals surface area (Å²) in [4.78, 5) is 30.4. The van der Waals surface area contributed by atoms with E-state index in [2.05, 4.69) is 20.7 Å². The molecule has 39 heavy (non-hydrogen) atoms. The quantitative estimate of drug-likeness (QED) is 0.329. The summed E-state index contributed by atoms with van der Waals surface area (Å²) >= 11 is 0. The Hall–Kier alpha value is -3.46. The highest BCUT2D eigenvalue weighted by molar-refractivity contribution is 5.94. The number of carbonyl (C=O) groups is 2. The van der Waals surface area contributed by atoms with Crippen LogP contribution in [0.15, 0.2) is 40.9 Å². The summed E-state index contributed by atoms with van der Waals surface area (Å²) in [6.45, 7) is 9.58. The van der Waals surface area contributed by atoms with Gasteiger partial charge in [-0.2, -0.15) is 5.10 Å². The zero-order valence-corrected chi connectivity index (χ0v) is 23.4. The van der Waals surface area contributed by atoms with Crippen LogP contribution in [0.25, 0.3) is 22.7 Å². The molecule has 3 aromatic rings. The van der Waals surface area contributed by atoms with E-state index in [1.54, 1.807) is 24.6 Å². The van der Waals surface area contributed by atoms with Crippen molar-refractivity contribution in [2.75, 3.05) is 0 Å². The van der Waals surface area contributed by atoms with Crippen molar-refractivity contribution in [1.29, 1.82) is 0 Å². The van der Waals surface area contributed by atoms with Gasteiger partial charge in [0.1, 0.15) is 5.69 Å². The lowest BCUT2D eigenvalue weighted by Gasteiger charge is -2.20. The Balaban J connectivity index is 1.37. The predicted molar refractivity (Wildman–Crippen MR) is 148 cm³/mol. The second-order valence-electron chi connectivity index (χ2n) is 12.2. The number of carbonyl (C=O) groups excluding carboxylic acids is 2. The van der Waals surface area contributed by atoms with Crippen LogP contribution in [-0.2, 0) is 6.54 Å². The Morgan fingerprint density at radius 3 is 2.33 bits per heavy atom. The van der Waals surface area contributed by atoms with E-state index >= 15 is 0 Å². The Kier molecular flexibility index (Phi) is 7.37. The molecule has 9 nitrogen and oxygen atoms in total. The van der Waals surface area contributed by atoms with Crippen LogP contribution in [0, 0.1) is 17.8 Å². The zero-order valence-electron chi connectivity index (χ0n) is 23.4. The molecule has 2 aromatic heterocycles. The molecule has 2 fully saturated rings. The normalized spacial score (nSPS) is 16.5. The lowest BCUT2D eigenvalue weighted by Crippen LogP contribution is -2.38. The molecule has 1 atom stereocenters. The fourth-order valence-corrected chi connectivity index (χ4v) is 4.75.